The second-order valence-corrected chi connectivity index (χ2v) is 13.9. The Morgan fingerprint density at radius 3 is 1.39 bits per heavy atom. The zero-order valence-corrected chi connectivity index (χ0v) is 25.9. The molecular formula is C36H40N4O4. The molecule has 6 aliphatic rings. The first-order valence-corrected chi connectivity index (χ1v) is 15.9. The fourth-order valence-corrected chi connectivity index (χ4v) is 9.18. The van der Waals surface area contributed by atoms with E-state index in [0.29, 0.717) is 17.8 Å². The summed E-state index contributed by atoms with van der Waals surface area (Å²) in [7, 11) is 0. The Morgan fingerprint density at radius 2 is 1.02 bits per heavy atom. The minimum absolute atomic E-state index is 0.148. The molecule has 4 saturated carbocycles. The summed E-state index contributed by atoms with van der Waals surface area (Å²) in [5.41, 5.74) is 2.54. The smallest absolute Gasteiger partial charge is 0.275 e. The van der Waals surface area contributed by atoms with E-state index >= 15 is 0 Å². The van der Waals surface area contributed by atoms with Gasteiger partial charge in [-0.1, -0.05) is 36.4 Å². The third-order valence-corrected chi connectivity index (χ3v) is 11.3. The molecule has 8 nitrogen and oxygen atoms in total. The number of hydrogen-bond donors (Lipinski definition) is 2. The van der Waals surface area contributed by atoms with Crippen LogP contribution in [0, 0.1) is 22.7 Å². The van der Waals surface area contributed by atoms with Gasteiger partial charge in [-0.15, -0.1) is 0 Å². The summed E-state index contributed by atoms with van der Waals surface area (Å²) in [5.74, 6) is -0.182. The average molecular weight is 593 g/mol. The minimum atomic E-state index is -0.717. The van der Waals surface area contributed by atoms with Gasteiger partial charge in [0.2, 0.25) is 11.8 Å². The van der Waals surface area contributed by atoms with E-state index in [0.717, 1.165) is 54.6 Å². The van der Waals surface area contributed by atoms with Crippen molar-refractivity contribution < 1.29 is 19.2 Å². The molecule has 4 fully saturated rings. The van der Waals surface area contributed by atoms with Gasteiger partial charge in [0, 0.05) is 11.4 Å². The molecule has 2 aromatic carbocycles. The molecule has 0 radical (unpaired) electrons. The Bertz CT molecular complexity index is 1500. The Hall–Kier alpha value is -4.20. The lowest BCUT2D eigenvalue weighted by Crippen LogP contribution is -2.61. The summed E-state index contributed by atoms with van der Waals surface area (Å²) in [4.78, 5) is 59.2. The number of carbonyl (C=O) groups excluding carboxylic acids is 4. The first-order chi connectivity index (χ1) is 21.0. The molecule has 0 unspecified atom stereocenters. The predicted octanol–water partition coefficient (Wildman–Crippen LogP) is 5.22. The maximum Gasteiger partial charge on any atom is 0.275 e. The van der Waals surface area contributed by atoms with E-state index in [1.54, 1.807) is 9.80 Å². The SMILES string of the molecule is CC1=C(NC(=O)C23CC4CC(C2)CC(C(=O)NC2=C(C)[C@@H](C)N(c5ccccc5)C2=O)(C4)C3)C(=O)N(c2ccccc2)[C@@H]1C. The number of benzene rings is 2. The lowest BCUT2D eigenvalue weighted by Gasteiger charge is -2.60. The zero-order chi connectivity index (χ0) is 31.0. The van der Waals surface area contributed by atoms with Crippen LogP contribution in [-0.2, 0) is 19.2 Å². The van der Waals surface area contributed by atoms with Crippen molar-refractivity contribution in [1.82, 2.24) is 10.6 Å². The summed E-state index contributed by atoms with van der Waals surface area (Å²) < 4.78 is 0. The Morgan fingerprint density at radius 1 is 0.659 bits per heavy atom. The molecule has 0 saturated heterocycles. The molecule has 2 atom stereocenters. The van der Waals surface area contributed by atoms with Gasteiger partial charge in [-0.25, -0.2) is 0 Å². The standard InChI is InChI=1S/C36H40N4O4/c1-21-23(3)39(27-11-7-5-8-12-27)31(41)29(21)37-33(43)35-16-25-15-26(17-35)19-36(18-25,20-35)34(44)38-30-22(2)24(4)40(32(30)42)28-13-9-6-10-14-28/h5-14,23-26H,15-20H2,1-4H3,(H,37,43)(H,38,44)/t23-,24-,25?,26?,35?,36?/m1/s1. The van der Waals surface area contributed by atoms with Crippen LogP contribution < -0.4 is 20.4 Å². The maximum atomic E-state index is 14.2. The molecule has 2 N–H and O–H groups in total. The van der Waals surface area contributed by atoms with E-state index < -0.39 is 10.8 Å². The van der Waals surface area contributed by atoms with Crippen LogP contribution in [-0.4, -0.2) is 35.7 Å². The summed E-state index contributed by atoms with van der Waals surface area (Å²) in [6, 6.07) is 18.7. The topological polar surface area (TPSA) is 98.8 Å². The number of nitrogens with one attached hydrogen (secondary N) is 2. The lowest BCUT2D eigenvalue weighted by atomic mass is 9.43. The van der Waals surface area contributed by atoms with E-state index in [1.165, 1.54) is 0 Å². The second kappa shape index (κ2) is 10.2. The Balaban J connectivity index is 1.12. The van der Waals surface area contributed by atoms with Crippen LogP contribution in [0.15, 0.2) is 83.2 Å². The van der Waals surface area contributed by atoms with Gasteiger partial charge in [0.25, 0.3) is 11.8 Å². The highest BCUT2D eigenvalue weighted by Crippen LogP contribution is 2.65. The van der Waals surface area contributed by atoms with E-state index in [4.69, 9.17) is 0 Å². The average Bonchev–Trinajstić information content (AvgIpc) is 3.35. The third kappa shape index (κ3) is 4.25. The van der Waals surface area contributed by atoms with Crippen LogP contribution >= 0.6 is 0 Å². The van der Waals surface area contributed by atoms with E-state index in [2.05, 4.69) is 10.6 Å². The molecule has 4 amide bonds. The third-order valence-electron chi connectivity index (χ3n) is 11.3. The predicted molar refractivity (Wildman–Crippen MR) is 168 cm³/mol. The number of nitrogens with zero attached hydrogens (tertiary/aromatic N) is 2. The maximum absolute atomic E-state index is 14.2. The molecule has 44 heavy (non-hydrogen) atoms. The van der Waals surface area contributed by atoms with Gasteiger partial charge in [0.15, 0.2) is 0 Å². The number of carbonyl (C=O) groups is 4. The summed E-state index contributed by atoms with van der Waals surface area (Å²) in [5, 5.41) is 6.17. The molecule has 228 valence electrons. The van der Waals surface area contributed by atoms with E-state index in [1.807, 2.05) is 88.4 Å². The summed E-state index contributed by atoms with van der Waals surface area (Å²) in [6.07, 6.45) is 4.35. The van der Waals surface area contributed by atoms with Crippen molar-refractivity contribution in [2.75, 3.05) is 9.80 Å². The highest BCUT2D eigenvalue weighted by atomic mass is 16.2. The van der Waals surface area contributed by atoms with Crippen LogP contribution in [0.3, 0.4) is 0 Å². The normalized spacial score (nSPS) is 32.6. The van der Waals surface area contributed by atoms with Gasteiger partial charge in [-0.3, -0.25) is 19.2 Å². The van der Waals surface area contributed by atoms with Crippen LogP contribution in [0.2, 0.25) is 0 Å². The Labute approximate surface area is 258 Å². The Kier molecular flexibility index (Phi) is 6.61. The number of para-hydroxylation sites is 2. The zero-order valence-electron chi connectivity index (χ0n) is 25.9. The fourth-order valence-electron chi connectivity index (χ4n) is 9.18. The lowest BCUT2D eigenvalue weighted by molar-refractivity contribution is -0.166. The molecular weight excluding hydrogens is 552 g/mol. The second-order valence-electron chi connectivity index (χ2n) is 13.9. The largest absolute Gasteiger partial charge is 0.321 e. The van der Waals surface area contributed by atoms with Gasteiger partial charge < -0.3 is 20.4 Å². The molecule has 4 aliphatic carbocycles. The van der Waals surface area contributed by atoms with Crippen molar-refractivity contribution in [2.24, 2.45) is 22.7 Å². The van der Waals surface area contributed by atoms with Crippen molar-refractivity contribution in [3.8, 4) is 0 Å². The highest BCUT2D eigenvalue weighted by Gasteiger charge is 2.63. The highest BCUT2D eigenvalue weighted by molar-refractivity contribution is 6.13. The molecule has 4 bridgehead atoms. The molecule has 0 spiro atoms. The van der Waals surface area contributed by atoms with Crippen LogP contribution in [0.5, 0.6) is 0 Å². The number of anilines is 2. The van der Waals surface area contributed by atoms with Gasteiger partial charge in [0.1, 0.15) is 11.4 Å². The van der Waals surface area contributed by atoms with E-state index in [-0.39, 0.29) is 47.5 Å². The molecule has 2 aliphatic heterocycles. The van der Waals surface area contributed by atoms with Crippen molar-refractivity contribution >= 4 is 35.0 Å². The summed E-state index contributed by atoms with van der Waals surface area (Å²) >= 11 is 0. The van der Waals surface area contributed by atoms with Crippen molar-refractivity contribution in [3.63, 3.8) is 0 Å². The van der Waals surface area contributed by atoms with Crippen LogP contribution in [0.25, 0.3) is 0 Å². The van der Waals surface area contributed by atoms with Gasteiger partial charge in [-0.2, -0.15) is 0 Å². The molecule has 2 aromatic rings. The number of amides is 4. The van der Waals surface area contributed by atoms with E-state index in [9.17, 15) is 19.2 Å². The van der Waals surface area contributed by atoms with Crippen molar-refractivity contribution in [1.29, 1.82) is 0 Å². The van der Waals surface area contributed by atoms with Gasteiger partial charge >= 0.3 is 0 Å². The van der Waals surface area contributed by atoms with Crippen LogP contribution in [0.1, 0.15) is 66.2 Å². The number of hydrogen-bond acceptors (Lipinski definition) is 4. The molecule has 8 rings (SSSR count). The monoisotopic (exact) mass is 592 g/mol. The molecule has 8 heteroatoms. The van der Waals surface area contributed by atoms with Crippen molar-refractivity contribution in [2.45, 2.75) is 78.3 Å². The first kappa shape index (κ1) is 28.6. The fraction of sp³-hybridized carbons (Fsp3) is 0.444. The first-order valence-electron chi connectivity index (χ1n) is 15.9. The number of rotatable bonds is 6. The molecule has 2 heterocycles. The quantitative estimate of drug-likeness (QED) is 0.480. The molecule has 0 aromatic heterocycles. The summed E-state index contributed by atoms with van der Waals surface area (Å²) in [6.45, 7) is 7.77. The van der Waals surface area contributed by atoms with Gasteiger partial charge in [0.05, 0.1) is 22.9 Å². The van der Waals surface area contributed by atoms with Crippen molar-refractivity contribution in [3.05, 3.63) is 83.2 Å². The minimum Gasteiger partial charge on any atom is -0.321 e. The van der Waals surface area contributed by atoms with Gasteiger partial charge in [-0.05, 0) is 113 Å². The van der Waals surface area contributed by atoms with Crippen LogP contribution in [0.4, 0.5) is 11.4 Å².